The minimum absolute atomic E-state index is 0.0241. The summed E-state index contributed by atoms with van der Waals surface area (Å²) in [7, 11) is 0. The van der Waals surface area contributed by atoms with Gasteiger partial charge in [-0.25, -0.2) is 4.39 Å². The molecule has 5 nitrogen and oxygen atoms in total. The van der Waals surface area contributed by atoms with E-state index in [-0.39, 0.29) is 23.9 Å². The summed E-state index contributed by atoms with van der Waals surface area (Å²) in [5.41, 5.74) is -1.65. The smallest absolute Gasteiger partial charge is 0.290 e. The fourth-order valence-electron chi connectivity index (χ4n) is 3.91. The van der Waals surface area contributed by atoms with Gasteiger partial charge in [-0.3, -0.25) is 9.59 Å². The summed E-state index contributed by atoms with van der Waals surface area (Å²) in [5, 5.41) is 0. The van der Waals surface area contributed by atoms with Crippen molar-refractivity contribution in [3.05, 3.63) is 24.2 Å². The second kappa shape index (κ2) is 4.83. The van der Waals surface area contributed by atoms with E-state index >= 15 is 0 Å². The third-order valence-electron chi connectivity index (χ3n) is 5.27. The van der Waals surface area contributed by atoms with Crippen LogP contribution in [0.2, 0.25) is 0 Å². The lowest BCUT2D eigenvalue weighted by atomic mass is 9.80. The van der Waals surface area contributed by atoms with Crippen LogP contribution in [-0.4, -0.2) is 52.5 Å². The Balaban J connectivity index is 1.50. The predicted molar refractivity (Wildman–Crippen MR) is 76.0 cm³/mol. The molecule has 0 aromatic carbocycles. The zero-order valence-corrected chi connectivity index (χ0v) is 12.3. The number of piperazine rings is 1. The molecule has 1 saturated carbocycles. The Morgan fingerprint density at radius 1 is 1.23 bits per heavy atom. The molecule has 2 amide bonds. The Morgan fingerprint density at radius 3 is 2.41 bits per heavy atom. The molecule has 2 saturated heterocycles. The van der Waals surface area contributed by atoms with Gasteiger partial charge in [0.1, 0.15) is 0 Å². The van der Waals surface area contributed by atoms with Crippen LogP contribution in [0.3, 0.4) is 0 Å². The molecule has 4 rings (SSSR count). The molecule has 0 N–H and O–H groups in total. The molecule has 1 aliphatic carbocycles. The summed E-state index contributed by atoms with van der Waals surface area (Å²) >= 11 is 0. The normalized spacial score (nSPS) is 29.3. The summed E-state index contributed by atoms with van der Waals surface area (Å²) in [6.45, 7) is 0.876. The Hall–Kier alpha value is -1.85. The highest BCUT2D eigenvalue weighted by atomic mass is 19.1. The van der Waals surface area contributed by atoms with E-state index in [1.807, 2.05) is 4.90 Å². The van der Waals surface area contributed by atoms with Crippen LogP contribution in [0.15, 0.2) is 22.8 Å². The van der Waals surface area contributed by atoms with Crippen LogP contribution >= 0.6 is 0 Å². The lowest BCUT2D eigenvalue weighted by molar-refractivity contribution is -0.152. The maximum absolute atomic E-state index is 14.4. The maximum atomic E-state index is 14.4. The topological polar surface area (TPSA) is 53.8 Å². The Labute approximate surface area is 128 Å². The zero-order valence-electron chi connectivity index (χ0n) is 12.3. The number of nitrogens with zero attached hydrogens (tertiary/aromatic N) is 2. The van der Waals surface area contributed by atoms with Crippen LogP contribution < -0.4 is 0 Å². The van der Waals surface area contributed by atoms with Gasteiger partial charge in [-0.15, -0.1) is 0 Å². The number of hydrogen-bond donors (Lipinski definition) is 0. The zero-order chi connectivity index (χ0) is 15.3. The number of likely N-dealkylation sites (tertiary alicyclic amines) is 1. The van der Waals surface area contributed by atoms with Crippen molar-refractivity contribution in [3.63, 3.8) is 0 Å². The predicted octanol–water partition coefficient (Wildman–Crippen LogP) is 1.99. The third-order valence-corrected chi connectivity index (χ3v) is 5.27. The summed E-state index contributed by atoms with van der Waals surface area (Å²) in [4.78, 5) is 28.3. The number of halogens is 1. The van der Waals surface area contributed by atoms with Crippen molar-refractivity contribution in [3.8, 4) is 0 Å². The fraction of sp³-hybridized carbons (Fsp3) is 0.625. The molecule has 2 atom stereocenters. The average Bonchev–Trinajstić information content (AvgIpc) is 3.10. The van der Waals surface area contributed by atoms with Gasteiger partial charge >= 0.3 is 0 Å². The molecule has 0 radical (unpaired) electrons. The first-order valence-corrected chi connectivity index (χ1v) is 7.93. The molecule has 118 valence electrons. The number of rotatable bonds is 2. The highest BCUT2D eigenvalue weighted by Crippen LogP contribution is 2.40. The first-order valence-electron chi connectivity index (χ1n) is 7.93. The molecule has 3 heterocycles. The number of alkyl halides is 1. The molecular weight excluding hydrogens is 287 g/mol. The van der Waals surface area contributed by atoms with E-state index in [0.717, 1.165) is 19.3 Å². The van der Waals surface area contributed by atoms with E-state index in [1.165, 1.54) is 6.26 Å². The van der Waals surface area contributed by atoms with Gasteiger partial charge in [0, 0.05) is 13.1 Å². The van der Waals surface area contributed by atoms with Crippen molar-refractivity contribution >= 4 is 11.8 Å². The molecule has 1 aromatic heterocycles. The molecule has 3 fully saturated rings. The van der Waals surface area contributed by atoms with Crippen LogP contribution in [0.4, 0.5) is 4.39 Å². The lowest BCUT2D eigenvalue weighted by Gasteiger charge is -2.44. The molecule has 6 heteroatoms. The molecule has 2 bridgehead atoms. The molecule has 2 unspecified atom stereocenters. The second-order valence-corrected chi connectivity index (χ2v) is 6.60. The van der Waals surface area contributed by atoms with Crippen LogP contribution in [0.1, 0.15) is 42.7 Å². The first-order chi connectivity index (χ1) is 10.6. The Kier molecular flexibility index (Phi) is 3.03. The summed E-state index contributed by atoms with van der Waals surface area (Å²) in [5.74, 6) is -0.165. The highest BCUT2D eigenvalue weighted by molar-refractivity contribution is 5.92. The van der Waals surface area contributed by atoms with E-state index in [9.17, 15) is 14.0 Å². The van der Waals surface area contributed by atoms with Crippen LogP contribution in [0.25, 0.3) is 0 Å². The van der Waals surface area contributed by atoms with Crippen molar-refractivity contribution in [2.24, 2.45) is 0 Å². The van der Waals surface area contributed by atoms with Gasteiger partial charge < -0.3 is 14.2 Å². The van der Waals surface area contributed by atoms with E-state index in [2.05, 4.69) is 0 Å². The van der Waals surface area contributed by atoms with Gasteiger partial charge in [-0.1, -0.05) is 0 Å². The number of carbonyl (C=O) groups excluding carboxylic acids is 2. The molecule has 3 aliphatic rings. The summed E-state index contributed by atoms with van der Waals surface area (Å²) in [6.07, 6.45) is 4.67. The quantitative estimate of drug-likeness (QED) is 0.839. The van der Waals surface area contributed by atoms with Crippen molar-refractivity contribution in [2.75, 3.05) is 13.1 Å². The van der Waals surface area contributed by atoms with Crippen LogP contribution in [0, 0.1) is 0 Å². The maximum Gasteiger partial charge on any atom is 0.290 e. The van der Waals surface area contributed by atoms with Gasteiger partial charge in [-0.05, 0) is 44.2 Å². The molecular formula is C16H19FN2O3. The second-order valence-electron chi connectivity index (χ2n) is 6.60. The van der Waals surface area contributed by atoms with Crippen molar-refractivity contribution < 1.29 is 18.4 Å². The van der Waals surface area contributed by atoms with E-state index in [1.54, 1.807) is 17.0 Å². The third kappa shape index (κ3) is 1.96. The standard InChI is InChI=1S/C16H19FN2O3/c17-16(6-2-7-16)15(21)18-9-11-4-5-12(10-18)19(11)14(20)13-3-1-8-22-13/h1,3,8,11-12H,2,4-7,9-10H2. The van der Waals surface area contributed by atoms with Gasteiger partial charge in [0.2, 0.25) is 0 Å². The molecule has 1 aromatic rings. The van der Waals surface area contributed by atoms with Gasteiger partial charge in [0.15, 0.2) is 11.4 Å². The van der Waals surface area contributed by atoms with Crippen LogP contribution in [-0.2, 0) is 4.79 Å². The van der Waals surface area contributed by atoms with Crippen molar-refractivity contribution in [2.45, 2.75) is 49.9 Å². The van der Waals surface area contributed by atoms with Crippen molar-refractivity contribution in [1.29, 1.82) is 0 Å². The Bertz CT molecular complexity index is 583. The summed E-state index contributed by atoms with van der Waals surface area (Å²) in [6, 6.07) is 3.30. The van der Waals surface area contributed by atoms with Gasteiger partial charge in [-0.2, -0.15) is 0 Å². The SMILES string of the molecule is O=C(c1ccco1)N1C2CCC1CN(C(=O)C1(F)CCC1)C2. The average molecular weight is 306 g/mol. The van der Waals surface area contributed by atoms with Gasteiger partial charge in [0.05, 0.1) is 18.3 Å². The largest absolute Gasteiger partial charge is 0.459 e. The molecule has 0 spiro atoms. The molecule has 22 heavy (non-hydrogen) atoms. The van der Waals surface area contributed by atoms with Crippen molar-refractivity contribution in [1.82, 2.24) is 9.80 Å². The Morgan fingerprint density at radius 2 is 1.91 bits per heavy atom. The number of furan rings is 1. The summed E-state index contributed by atoms with van der Waals surface area (Å²) < 4.78 is 19.5. The number of hydrogen-bond acceptors (Lipinski definition) is 3. The van der Waals surface area contributed by atoms with E-state index in [0.29, 0.717) is 31.7 Å². The number of carbonyl (C=O) groups is 2. The minimum Gasteiger partial charge on any atom is -0.459 e. The monoisotopic (exact) mass is 306 g/mol. The first kappa shape index (κ1) is 13.8. The minimum atomic E-state index is -1.65. The fourth-order valence-corrected chi connectivity index (χ4v) is 3.91. The van der Waals surface area contributed by atoms with E-state index < -0.39 is 5.67 Å². The molecule has 2 aliphatic heterocycles. The number of amides is 2. The van der Waals surface area contributed by atoms with Crippen LogP contribution in [0.5, 0.6) is 0 Å². The number of fused-ring (bicyclic) bond motifs is 2. The lowest BCUT2D eigenvalue weighted by Crippen LogP contribution is -2.61. The van der Waals surface area contributed by atoms with E-state index in [4.69, 9.17) is 4.42 Å². The van der Waals surface area contributed by atoms with Gasteiger partial charge in [0.25, 0.3) is 11.8 Å². The highest BCUT2D eigenvalue weighted by Gasteiger charge is 2.51.